The quantitative estimate of drug-likeness (QED) is 0.513. The number of nitrogens with zero attached hydrogens (tertiary/aromatic N) is 1. The number of ether oxygens (including phenoxy) is 1. The fourth-order valence-corrected chi connectivity index (χ4v) is 1.45. The van der Waals surface area contributed by atoms with Gasteiger partial charge in [-0.05, 0) is 26.2 Å². The summed E-state index contributed by atoms with van der Waals surface area (Å²) < 4.78 is 5.55. The first kappa shape index (κ1) is 10.1. The molecule has 0 saturated carbocycles. The average Bonchev–Trinajstić information content (AvgIpc) is 2.25. The van der Waals surface area contributed by atoms with Crippen molar-refractivity contribution in [3.8, 4) is 12.3 Å². The van der Waals surface area contributed by atoms with Crippen LogP contribution in [0.2, 0.25) is 0 Å². The fourth-order valence-electron chi connectivity index (χ4n) is 1.45. The van der Waals surface area contributed by atoms with Crippen LogP contribution < -0.4 is 0 Å². The van der Waals surface area contributed by atoms with Crippen LogP contribution in [0.3, 0.4) is 0 Å². The number of carbonyl (C=O) groups is 1. The minimum Gasteiger partial charge on any atom is -0.374 e. The monoisotopic (exact) mass is 181 g/mol. The predicted molar refractivity (Wildman–Crippen MR) is 50.1 cm³/mol. The van der Waals surface area contributed by atoms with Gasteiger partial charge >= 0.3 is 0 Å². The van der Waals surface area contributed by atoms with Crippen molar-refractivity contribution < 1.29 is 9.53 Å². The Hall–Kier alpha value is -1.01. The van der Waals surface area contributed by atoms with Crippen LogP contribution in [0.15, 0.2) is 0 Å². The molecule has 3 heteroatoms. The van der Waals surface area contributed by atoms with Gasteiger partial charge in [0.15, 0.2) is 0 Å². The average molecular weight is 181 g/mol. The van der Waals surface area contributed by atoms with Crippen LogP contribution in [0.4, 0.5) is 0 Å². The Morgan fingerprint density at radius 3 is 2.92 bits per heavy atom. The van der Waals surface area contributed by atoms with E-state index in [1.165, 1.54) is 0 Å². The van der Waals surface area contributed by atoms with Crippen LogP contribution in [0.5, 0.6) is 0 Å². The third-order valence-corrected chi connectivity index (χ3v) is 2.05. The summed E-state index contributed by atoms with van der Waals surface area (Å²) in [6, 6.07) is 0. The van der Waals surface area contributed by atoms with Gasteiger partial charge in [-0.2, -0.15) is 0 Å². The highest BCUT2D eigenvalue weighted by Crippen LogP contribution is 2.15. The minimum absolute atomic E-state index is 0.237. The van der Waals surface area contributed by atoms with E-state index in [2.05, 4.69) is 5.92 Å². The minimum atomic E-state index is -0.275. The lowest BCUT2D eigenvalue weighted by Crippen LogP contribution is -2.41. The van der Waals surface area contributed by atoms with E-state index in [1.54, 1.807) is 4.90 Å². The lowest BCUT2D eigenvalue weighted by molar-refractivity contribution is -0.127. The van der Waals surface area contributed by atoms with E-state index in [9.17, 15) is 4.79 Å². The maximum absolute atomic E-state index is 11.2. The topological polar surface area (TPSA) is 29.5 Å². The Morgan fingerprint density at radius 1 is 1.62 bits per heavy atom. The standard InChI is InChI=1S/C10H15NO2/c1-4-9(12)11-6-5-7-13-10(2,3)8-11/h1H,5-8H2,2-3H3. The van der Waals surface area contributed by atoms with Gasteiger partial charge in [0.1, 0.15) is 0 Å². The van der Waals surface area contributed by atoms with Crippen LogP contribution >= 0.6 is 0 Å². The molecule has 1 aliphatic heterocycles. The van der Waals surface area contributed by atoms with Gasteiger partial charge in [-0.25, -0.2) is 0 Å². The lowest BCUT2D eigenvalue weighted by Gasteiger charge is -2.27. The van der Waals surface area contributed by atoms with E-state index in [4.69, 9.17) is 11.2 Å². The zero-order valence-electron chi connectivity index (χ0n) is 8.17. The van der Waals surface area contributed by atoms with Gasteiger partial charge in [-0.1, -0.05) is 0 Å². The molecule has 1 aliphatic rings. The summed E-state index contributed by atoms with van der Waals surface area (Å²) in [5.74, 6) is 1.89. The molecule has 0 unspecified atom stereocenters. The van der Waals surface area contributed by atoms with Crippen molar-refractivity contribution in [1.82, 2.24) is 4.90 Å². The summed E-state index contributed by atoms with van der Waals surface area (Å²) >= 11 is 0. The molecule has 72 valence electrons. The largest absolute Gasteiger partial charge is 0.374 e. The molecule has 0 spiro atoms. The summed E-state index contributed by atoms with van der Waals surface area (Å²) in [6.45, 7) is 5.91. The zero-order valence-corrected chi connectivity index (χ0v) is 8.17. The summed E-state index contributed by atoms with van der Waals surface area (Å²) in [6.07, 6.45) is 5.92. The molecule has 1 amide bonds. The summed E-state index contributed by atoms with van der Waals surface area (Å²) in [5.41, 5.74) is -0.275. The number of terminal acetylenes is 1. The second-order valence-electron chi connectivity index (χ2n) is 3.83. The molecule has 1 saturated heterocycles. The summed E-state index contributed by atoms with van der Waals surface area (Å²) in [7, 11) is 0. The molecule has 0 atom stereocenters. The highest BCUT2D eigenvalue weighted by atomic mass is 16.5. The third-order valence-electron chi connectivity index (χ3n) is 2.05. The molecule has 0 aromatic heterocycles. The van der Waals surface area contributed by atoms with Gasteiger partial charge in [-0.15, -0.1) is 6.42 Å². The summed E-state index contributed by atoms with van der Waals surface area (Å²) in [4.78, 5) is 12.9. The Bertz CT molecular complexity index is 240. The maximum Gasteiger partial charge on any atom is 0.298 e. The van der Waals surface area contributed by atoms with Crippen LogP contribution in [0, 0.1) is 12.3 Å². The van der Waals surface area contributed by atoms with E-state index in [0.717, 1.165) is 6.42 Å². The molecule has 0 bridgehead atoms. The Kier molecular flexibility index (Phi) is 2.94. The second kappa shape index (κ2) is 3.80. The van der Waals surface area contributed by atoms with Crippen LogP contribution in [0.25, 0.3) is 0 Å². The van der Waals surface area contributed by atoms with E-state index in [-0.39, 0.29) is 11.5 Å². The lowest BCUT2D eigenvalue weighted by atomic mass is 10.1. The molecule has 1 fully saturated rings. The Morgan fingerprint density at radius 2 is 2.31 bits per heavy atom. The molecular weight excluding hydrogens is 166 g/mol. The van der Waals surface area contributed by atoms with Gasteiger partial charge in [0, 0.05) is 13.2 Å². The fraction of sp³-hybridized carbons (Fsp3) is 0.700. The Labute approximate surface area is 79.1 Å². The number of rotatable bonds is 0. The van der Waals surface area contributed by atoms with Crippen LogP contribution in [-0.4, -0.2) is 36.1 Å². The third kappa shape index (κ3) is 2.74. The molecule has 1 rings (SSSR count). The smallest absolute Gasteiger partial charge is 0.298 e. The number of hydrogen-bond acceptors (Lipinski definition) is 2. The molecule has 0 N–H and O–H groups in total. The zero-order chi connectivity index (χ0) is 9.90. The number of amides is 1. The molecule has 0 radical (unpaired) electrons. The van der Waals surface area contributed by atoms with Crippen molar-refractivity contribution in [2.45, 2.75) is 25.9 Å². The first-order valence-corrected chi connectivity index (χ1v) is 4.45. The van der Waals surface area contributed by atoms with Crippen molar-refractivity contribution in [3.63, 3.8) is 0 Å². The predicted octanol–water partition coefficient (Wildman–Crippen LogP) is 0.647. The van der Waals surface area contributed by atoms with Gasteiger partial charge in [0.05, 0.1) is 12.1 Å². The first-order chi connectivity index (χ1) is 6.05. The van der Waals surface area contributed by atoms with Crippen molar-refractivity contribution >= 4 is 5.91 Å². The maximum atomic E-state index is 11.2. The van der Waals surface area contributed by atoms with Gasteiger partial charge < -0.3 is 9.64 Å². The molecular formula is C10H15NO2. The highest BCUT2D eigenvalue weighted by molar-refractivity contribution is 5.92. The van der Waals surface area contributed by atoms with E-state index < -0.39 is 0 Å². The van der Waals surface area contributed by atoms with E-state index in [0.29, 0.717) is 19.7 Å². The van der Waals surface area contributed by atoms with Crippen molar-refractivity contribution in [1.29, 1.82) is 0 Å². The van der Waals surface area contributed by atoms with E-state index >= 15 is 0 Å². The molecule has 13 heavy (non-hydrogen) atoms. The molecule has 0 aromatic rings. The van der Waals surface area contributed by atoms with Crippen molar-refractivity contribution in [3.05, 3.63) is 0 Å². The normalized spacial score (nSPS) is 21.8. The van der Waals surface area contributed by atoms with Crippen molar-refractivity contribution in [2.24, 2.45) is 0 Å². The second-order valence-corrected chi connectivity index (χ2v) is 3.83. The number of carbonyl (C=O) groups excluding carboxylic acids is 1. The Balaban J connectivity index is 2.66. The first-order valence-electron chi connectivity index (χ1n) is 4.45. The van der Waals surface area contributed by atoms with E-state index in [1.807, 2.05) is 13.8 Å². The SMILES string of the molecule is C#CC(=O)N1CCCOC(C)(C)C1. The van der Waals surface area contributed by atoms with Gasteiger partial charge in [0.2, 0.25) is 0 Å². The van der Waals surface area contributed by atoms with Gasteiger partial charge in [0.25, 0.3) is 5.91 Å². The molecule has 0 aliphatic carbocycles. The van der Waals surface area contributed by atoms with Gasteiger partial charge in [-0.3, -0.25) is 4.79 Å². The molecule has 0 aromatic carbocycles. The van der Waals surface area contributed by atoms with Crippen LogP contribution in [0.1, 0.15) is 20.3 Å². The molecule has 3 nitrogen and oxygen atoms in total. The number of hydrogen-bond donors (Lipinski definition) is 0. The molecule has 1 heterocycles. The van der Waals surface area contributed by atoms with Crippen molar-refractivity contribution in [2.75, 3.05) is 19.7 Å². The summed E-state index contributed by atoms with van der Waals surface area (Å²) in [5, 5.41) is 0. The highest BCUT2D eigenvalue weighted by Gasteiger charge is 2.27. The van der Waals surface area contributed by atoms with Crippen LogP contribution in [-0.2, 0) is 9.53 Å².